The molecular weight excluding hydrogens is 160 g/mol. The SMILES string of the molecule is C=C/C(=C\C=C/C)CC(C)=O.CC. The van der Waals surface area contributed by atoms with Crippen LogP contribution < -0.4 is 0 Å². The molecule has 0 spiro atoms. The van der Waals surface area contributed by atoms with E-state index in [2.05, 4.69) is 6.58 Å². The van der Waals surface area contributed by atoms with Crippen LogP contribution in [0.5, 0.6) is 0 Å². The van der Waals surface area contributed by atoms with Crippen LogP contribution in [0.2, 0.25) is 0 Å². The Morgan fingerprint density at radius 1 is 1.38 bits per heavy atom. The third-order valence-corrected chi connectivity index (χ3v) is 1.22. The Hall–Kier alpha value is -1.11. The first kappa shape index (κ1) is 14.4. The largest absolute Gasteiger partial charge is 0.300 e. The summed E-state index contributed by atoms with van der Waals surface area (Å²) in [5, 5.41) is 0. The van der Waals surface area contributed by atoms with Gasteiger partial charge in [-0.2, -0.15) is 0 Å². The lowest BCUT2D eigenvalue weighted by molar-refractivity contribution is -0.116. The van der Waals surface area contributed by atoms with Crippen LogP contribution in [-0.4, -0.2) is 5.78 Å². The van der Waals surface area contributed by atoms with E-state index in [9.17, 15) is 4.79 Å². The van der Waals surface area contributed by atoms with Crippen LogP contribution >= 0.6 is 0 Å². The average Bonchev–Trinajstić information content (AvgIpc) is 2.15. The highest BCUT2D eigenvalue weighted by atomic mass is 16.1. The number of carbonyl (C=O) groups excluding carboxylic acids is 1. The minimum Gasteiger partial charge on any atom is -0.300 e. The Morgan fingerprint density at radius 2 is 1.92 bits per heavy atom. The van der Waals surface area contributed by atoms with Crippen LogP contribution in [0.15, 0.2) is 36.5 Å². The molecule has 0 bridgehead atoms. The minimum atomic E-state index is 0.167. The molecule has 0 saturated carbocycles. The van der Waals surface area contributed by atoms with Gasteiger partial charge < -0.3 is 0 Å². The van der Waals surface area contributed by atoms with Crippen LogP contribution in [0.1, 0.15) is 34.1 Å². The highest BCUT2D eigenvalue weighted by molar-refractivity contribution is 5.78. The van der Waals surface area contributed by atoms with Crippen molar-refractivity contribution < 1.29 is 4.79 Å². The summed E-state index contributed by atoms with van der Waals surface area (Å²) in [6.45, 7) is 11.1. The molecule has 0 aliphatic rings. The summed E-state index contributed by atoms with van der Waals surface area (Å²) in [6, 6.07) is 0. The molecule has 1 nitrogen and oxygen atoms in total. The third-order valence-electron chi connectivity index (χ3n) is 1.22. The molecule has 1 heteroatoms. The first-order valence-electron chi connectivity index (χ1n) is 4.64. The van der Waals surface area contributed by atoms with E-state index in [0.717, 1.165) is 5.57 Å². The van der Waals surface area contributed by atoms with Gasteiger partial charge in [-0.1, -0.05) is 44.7 Å². The molecule has 13 heavy (non-hydrogen) atoms. The van der Waals surface area contributed by atoms with Gasteiger partial charge in [-0.15, -0.1) is 0 Å². The van der Waals surface area contributed by atoms with Gasteiger partial charge in [-0.3, -0.25) is 4.79 Å². The summed E-state index contributed by atoms with van der Waals surface area (Å²) < 4.78 is 0. The quantitative estimate of drug-likeness (QED) is 0.603. The van der Waals surface area contributed by atoms with E-state index in [1.165, 1.54) is 0 Å². The molecule has 0 aromatic rings. The lowest BCUT2D eigenvalue weighted by Gasteiger charge is -1.94. The summed E-state index contributed by atoms with van der Waals surface area (Å²) in [6.07, 6.45) is 7.91. The van der Waals surface area contributed by atoms with Gasteiger partial charge in [0.2, 0.25) is 0 Å². The molecule has 0 heterocycles. The maximum atomic E-state index is 10.7. The van der Waals surface area contributed by atoms with Crippen molar-refractivity contribution in [2.24, 2.45) is 0 Å². The number of allylic oxidation sites excluding steroid dienone is 5. The lowest BCUT2D eigenvalue weighted by atomic mass is 10.1. The number of ketones is 1. The molecule has 0 amide bonds. The van der Waals surface area contributed by atoms with Crippen molar-refractivity contribution in [3.05, 3.63) is 36.5 Å². The van der Waals surface area contributed by atoms with E-state index < -0.39 is 0 Å². The van der Waals surface area contributed by atoms with Crippen molar-refractivity contribution in [2.45, 2.75) is 34.1 Å². The Bertz CT molecular complexity index is 197. The van der Waals surface area contributed by atoms with E-state index in [4.69, 9.17) is 0 Å². The second-order valence-electron chi connectivity index (χ2n) is 2.35. The first-order valence-corrected chi connectivity index (χ1v) is 4.64. The van der Waals surface area contributed by atoms with Crippen LogP contribution in [-0.2, 0) is 4.79 Å². The van der Waals surface area contributed by atoms with Gasteiger partial charge >= 0.3 is 0 Å². The number of hydrogen-bond acceptors (Lipinski definition) is 1. The monoisotopic (exact) mass is 180 g/mol. The lowest BCUT2D eigenvalue weighted by Crippen LogP contribution is -1.90. The molecule has 0 fully saturated rings. The number of rotatable bonds is 4. The molecule has 0 radical (unpaired) electrons. The van der Waals surface area contributed by atoms with Crippen molar-refractivity contribution in [3.63, 3.8) is 0 Å². The summed E-state index contributed by atoms with van der Waals surface area (Å²) in [4.78, 5) is 10.7. The van der Waals surface area contributed by atoms with Gasteiger partial charge in [0, 0.05) is 6.42 Å². The van der Waals surface area contributed by atoms with E-state index >= 15 is 0 Å². The summed E-state index contributed by atoms with van der Waals surface area (Å²) in [7, 11) is 0. The highest BCUT2D eigenvalue weighted by Gasteiger charge is 1.94. The predicted octanol–water partition coefficient (Wildman–Crippen LogP) is 3.68. The minimum absolute atomic E-state index is 0.167. The summed E-state index contributed by atoms with van der Waals surface area (Å²) >= 11 is 0. The molecule has 0 aliphatic heterocycles. The van der Waals surface area contributed by atoms with Crippen LogP contribution in [0.25, 0.3) is 0 Å². The molecule has 0 atom stereocenters. The molecule has 0 saturated heterocycles. The first-order chi connectivity index (χ1) is 6.20. The van der Waals surface area contributed by atoms with Crippen molar-refractivity contribution in [3.8, 4) is 0 Å². The summed E-state index contributed by atoms with van der Waals surface area (Å²) in [5.41, 5.74) is 0.968. The fourth-order valence-corrected chi connectivity index (χ4v) is 0.706. The average molecular weight is 180 g/mol. The van der Waals surface area contributed by atoms with Gasteiger partial charge in [0.05, 0.1) is 0 Å². The van der Waals surface area contributed by atoms with Crippen molar-refractivity contribution >= 4 is 5.78 Å². The molecule has 0 unspecified atom stereocenters. The second kappa shape index (κ2) is 10.9. The van der Waals surface area contributed by atoms with Crippen molar-refractivity contribution in [2.75, 3.05) is 0 Å². The Kier molecular flexibility index (Phi) is 12.1. The fourth-order valence-electron chi connectivity index (χ4n) is 0.706. The molecule has 0 aliphatic carbocycles. The zero-order valence-electron chi connectivity index (χ0n) is 9.13. The van der Waals surface area contributed by atoms with Crippen LogP contribution in [0, 0.1) is 0 Å². The smallest absolute Gasteiger partial charge is 0.134 e. The number of Topliss-reactive ketones (excluding diaryl/α,β-unsaturated/α-hetero) is 1. The topological polar surface area (TPSA) is 17.1 Å². The van der Waals surface area contributed by atoms with E-state index in [1.807, 2.05) is 39.0 Å². The second-order valence-corrected chi connectivity index (χ2v) is 2.35. The van der Waals surface area contributed by atoms with E-state index in [1.54, 1.807) is 13.0 Å². The maximum absolute atomic E-state index is 10.7. The molecule has 0 rings (SSSR count). The third kappa shape index (κ3) is 10.9. The molecule has 74 valence electrons. The van der Waals surface area contributed by atoms with Gasteiger partial charge in [-0.05, 0) is 19.4 Å². The number of carbonyl (C=O) groups is 1. The normalized spacial score (nSPS) is 10.6. The highest BCUT2D eigenvalue weighted by Crippen LogP contribution is 2.02. The fraction of sp³-hybridized carbons (Fsp3) is 0.417. The Morgan fingerprint density at radius 3 is 2.23 bits per heavy atom. The molecular formula is C12H20O. The molecule has 0 aromatic carbocycles. The Labute approximate surface area is 81.9 Å². The van der Waals surface area contributed by atoms with E-state index in [-0.39, 0.29) is 5.78 Å². The van der Waals surface area contributed by atoms with Crippen molar-refractivity contribution in [1.82, 2.24) is 0 Å². The Balaban J connectivity index is 0. The zero-order valence-corrected chi connectivity index (χ0v) is 9.13. The molecule has 0 aromatic heterocycles. The standard InChI is InChI=1S/C10H14O.C2H6/c1-4-6-7-10(5-2)8-9(3)11;1-2/h4-7H,2,8H2,1,3H3;1-2H3/b6-4-,10-7+;. The van der Waals surface area contributed by atoms with Crippen LogP contribution in [0.3, 0.4) is 0 Å². The van der Waals surface area contributed by atoms with Gasteiger partial charge in [0.15, 0.2) is 0 Å². The van der Waals surface area contributed by atoms with Crippen LogP contribution in [0.4, 0.5) is 0 Å². The number of hydrogen-bond donors (Lipinski definition) is 0. The van der Waals surface area contributed by atoms with Gasteiger partial charge in [-0.25, -0.2) is 0 Å². The van der Waals surface area contributed by atoms with Crippen molar-refractivity contribution in [1.29, 1.82) is 0 Å². The summed E-state index contributed by atoms with van der Waals surface area (Å²) in [5.74, 6) is 0.167. The predicted molar refractivity (Wildman–Crippen MR) is 59.7 cm³/mol. The van der Waals surface area contributed by atoms with E-state index in [0.29, 0.717) is 6.42 Å². The van der Waals surface area contributed by atoms with Gasteiger partial charge in [0.25, 0.3) is 0 Å². The zero-order chi connectivity index (χ0) is 10.7. The maximum Gasteiger partial charge on any atom is 0.134 e. The van der Waals surface area contributed by atoms with Gasteiger partial charge in [0.1, 0.15) is 5.78 Å². The molecule has 0 N–H and O–H groups in total.